The van der Waals surface area contributed by atoms with Crippen molar-refractivity contribution >= 4 is 94.6 Å². The van der Waals surface area contributed by atoms with Gasteiger partial charge in [0, 0.05) is 13.3 Å². The summed E-state index contributed by atoms with van der Waals surface area (Å²) in [7, 11) is 0. The first-order chi connectivity index (χ1) is 8.99. The van der Waals surface area contributed by atoms with Crippen molar-refractivity contribution in [3.63, 3.8) is 0 Å². The van der Waals surface area contributed by atoms with Gasteiger partial charge in [0.05, 0.1) is 25.4 Å². The Morgan fingerprint density at radius 1 is 1.41 bits per heavy atom. The van der Waals surface area contributed by atoms with Crippen LogP contribution in [-0.2, 0) is 14.3 Å². The molecule has 0 saturated carbocycles. The van der Waals surface area contributed by atoms with Crippen molar-refractivity contribution < 1.29 is 34.7 Å². The molecule has 1 radical (unpaired) electrons. The molecule has 5 atom stereocenters. The Hall–Kier alpha value is 2.23. The van der Waals surface area contributed by atoms with Crippen LogP contribution in [0.3, 0.4) is 0 Å². The number of nitrogens with one attached hydrogen (secondary N) is 1. The molecule has 1 aliphatic rings. The monoisotopic (exact) mass is 350 g/mol. The molecule has 11 heteroatoms. The topological polar surface area (TPSA) is 128 Å². The molecule has 0 bridgehead atoms. The van der Waals surface area contributed by atoms with Gasteiger partial charge in [0.1, 0.15) is 18.8 Å². The molecule has 0 aromatic heterocycles. The Kier molecular flexibility index (Phi) is 20.4. The van der Waals surface area contributed by atoms with Gasteiger partial charge in [-0.3, -0.25) is 4.79 Å². The zero-order valence-electron chi connectivity index (χ0n) is 10.6. The predicted octanol–water partition coefficient (Wildman–Crippen LogP) is -4.45. The zero-order valence-corrected chi connectivity index (χ0v) is 10.6. The maximum atomic E-state index is 11.1. The van der Waals surface area contributed by atoms with E-state index < -0.39 is 37.3 Å². The molecule has 1 rings (SSSR count). The van der Waals surface area contributed by atoms with Crippen molar-refractivity contribution in [1.82, 2.24) is 5.32 Å². The summed E-state index contributed by atoms with van der Waals surface area (Å²) in [6.45, 7) is 1.47. The van der Waals surface area contributed by atoms with Gasteiger partial charge < -0.3 is 35.2 Å². The summed E-state index contributed by atoms with van der Waals surface area (Å²) in [5.74, 6) is -0.385. The summed E-state index contributed by atoms with van der Waals surface area (Å²) in [5.41, 5.74) is 0. The van der Waals surface area contributed by atoms with Crippen molar-refractivity contribution in [1.29, 1.82) is 0 Å². The summed E-state index contributed by atoms with van der Waals surface area (Å²) in [6, 6.07) is -0.839. The zero-order chi connectivity index (χ0) is 14.4. The van der Waals surface area contributed by atoms with Crippen molar-refractivity contribution in [2.45, 2.75) is 44.0 Å². The molecule has 5 unspecified atom stereocenters. The van der Waals surface area contributed by atoms with E-state index in [4.69, 9.17) is 19.7 Å². The van der Waals surface area contributed by atoms with Gasteiger partial charge in [-0.15, -0.1) is 0 Å². The number of aliphatic hydroxyl groups is 4. The predicted molar refractivity (Wildman–Crippen MR) is 83.9 cm³/mol. The minimum absolute atomic E-state index is 0. The third-order valence-corrected chi connectivity index (χ3v) is 2.77. The third kappa shape index (κ3) is 9.65. The van der Waals surface area contributed by atoms with Crippen molar-refractivity contribution in [3.05, 3.63) is 6.61 Å². The molecular weight excluding hydrogens is 327 g/mol. The summed E-state index contributed by atoms with van der Waals surface area (Å²) in [5, 5.41) is 39.7. The summed E-state index contributed by atoms with van der Waals surface area (Å²) in [6.07, 6.45) is -4.07. The van der Waals surface area contributed by atoms with Crippen LogP contribution in [0, 0.1) is 6.61 Å². The molecule has 22 heavy (non-hydrogen) atoms. The van der Waals surface area contributed by atoms with E-state index in [9.17, 15) is 15.0 Å². The fourth-order valence-electron chi connectivity index (χ4n) is 1.96. The first-order valence-electron chi connectivity index (χ1n) is 5.97. The van der Waals surface area contributed by atoms with Crippen molar-refractivity contribution in [2.75, 3.05) is 13.2 Å². The molecule has 0 aromatic carbocycles. The van der Waals surface area contributed by atoms with Crippen LogP contribution in [0.1, 0.15) is 13.3 Å². The van der Waals surface area contributed by atoms with Crippen LogP contribution in [0.15, 0.2) is 0 Å². The van der Waals surface area contributed by atoms with Gasteiger partial charge in [0.15, 0.2) is 6.29 Å². The van der Waals surface area contributed by atoms with E-state index >= 15 is 0 Å². The normalized spacial score (nSPS) is 28.4. The average molecular weight is 350 g/mol. The van der Waals surface area contributed by atoms with Gasteiger partial charge in [-0.1, -0.05) is 0 Å². The van der Waals surface area contributed by atoms with Crippen LogP contribution in [0.4, 0.5) is 0 Å². The van der Waals surface area contributed by atoms with Gasteiger partial charge >= 0.3 is 88.7 Å². The third-order valence-electron chi connectivity index (χ3n) is 2.77. The summed E-state index contributed by atoms with van der Waals surface area (Å²) in [4.78, 5) is 11.1. The molecule has 0 aliphatic carbocycles. The second-order valence-corrected chi connectivity index (χ2v) is 4.29. The molecule has 1 fully saturated rings. The molecule has 8 nitrogen and oxygen atoms in total. The molecule has 117 valence electrons. The SMILES string of the molecule is CC(=O)NC1C(O)CC(O[CH]CO)OC1C(O)CO.[NaH].[NaH].[NaH]. The van der Waals surface area contributed by atoms with Crippen LogP contribution in [0.25, 0.3) is 0 Å². The first-order valence-corrected chi connectivity index (χ1v) is 5.97. The first kappa shape index (κ1) is 29.0. The van der Waals surface area contributed by atoms with Crippen LogP contribution in [0.5, 0.6) is 0 Å². The second-order valence-electron chi connectivity index (χ2n) is 4.29. The number of aliphatic hydroxyl groups excluding tert-OH is 4. The standard InChI is InChI=1S/C11H20NO7.3Na.3H/c1-6(15)12-10-7(16)4-9(18-3-2-13)19-11(10)8(17)5-14;;;;;;/h3,7-11,13-14,16-17H,2,4-5H2,1H3,(H,12,15);;;;;;. The van der Waals surface area contributed by atoms with Crippen LogP contribution < -0.4 is 5.32 Å². The number of hydrogen-bond donors (Lipinski definition) is 5. The molecule has 0 aromatic rings. The van der Waals surface area contributed by atoms with E-state index in [1.165, 1.54) is 6.92 Å². The quantitative estimate of drug-likeness (QED) is 0.306. The van der Waals surface area contributed by atoms with Gasteiger partial charge in [-0.05, 0) is 0 Å². The van der Waals surface area contributed by atoms with E-state index in [0.717, 1.165) is 6.61 Å². The number of carbonyl (C=O) groups is 1. The molecule has 1 aliphatic heterocycles. The van der Waals surface area contributed by atoms with Gasteiger partial charge in [-0.2, -0.15) is 0 Å². The maximum absolute atomic E-state index is 11.1. The van der Waals surface area contributed by atoms with E-state index in [0.29, 0.717) is 0 Å². The number of carbonyl (C=O) groups excluding carboxylic acids is 1. The van der Waals surface area contributed by atoms with Crippen LogP contribution in [-0.4, -0.2) is 159 Å². The van der Waals surface area contributed by atoms with Gasteiger partial charge in [-0.25, -0.2) is 0 Å². The summed E-state index contributed by atoms with van der Waals surface area (Å²) < 4.78 is 10.4. The average Bonchev–Trinajstić information content (AvgIpc) is 2.37. The Morgan fingerprint density at radius 3 is 2.45 bits per heavy atom. The van der Waals surface area contributed by atoms with Crippen LogP contribution in [0.2, 0.25) is 0 Å². The Balaban J connectivity index is -0.00000120. The molecule has 1 saturated heterocycles. The van der Waals surface area contributed by atoms with Crippen molar-refractivity contribution in [3.8, 4) is 0 Å². The number of rotatable bonds is 6. The molecule has 1 heterocycles. The number of hydrogen-bond acceptors (Lipinski definition) is 7. The van der Waals surface area contributed by atoms with E-state index in [1.54, 1.807) is 0 Å². The Bertz CT molecular complexity index is 301. The van der Waals surface area contributed by atoms with E-state index in [-0.39, 0.29) is 108 Å². The van der Waals surface area contributed by atoms with Gasteiger partial charge in [0.2, 0.25) is 5.91 Å². The molecule has 5 N–H and O–H groups in total. The van der Waals surface area contributed by atoms with Crippen LogP contribution >= 0.6 is 0 Å². The Morgan fingerprint density at radius 2 is 2.00 bits per heavy atom. The van der Waals surface area contributed by atoms with E-state index in [1.807, 2.05) is 0 Å². The Labute approximate surface area is 196 Å². The van der Waals surface area contributed by atoms with Gasteiger partial charge in [0.25, 0.3) is 0 Å². The number of amides is 1. The summed E-state index contributed by atoms with van der Waals surface area (Å²) >= 11 is 0. The number of ether oxygens (including phenoxy) is 2. The molecular formula is C11H23NNa3O7. The minimum atomic E-state index is -1.27. The fraction of sp³-hybridized carbons (Fsp3) is 0.818. The second kappa shape index (κ2) is 15.5. The van der Waals surface area contributed by atoms with E-state index in [2.05, 4.69) is 5.32 Å². The fourth-order valence-corrected chi connectivity index (χ4v) is 1.96. The van der Waals surface area contributed by atoms with Crippen molar-refractivity contribution in [2.24, 2.45) is 0 Å². The molecule has 1 amide bonds. The molecule has 0 spiro atoms.